The van der Waals surface area contributed by atoms with Crippen molar-refractivity contribution < 1.29 is 96.0 Å². The van der Waals surface area contributed by atoms with Gasteiger partial charge in [0.1, 0.15) is 60.0 Å². The van der Waals surface area contributed by atoms with Crippen LogP contribution in [0.4, 0.5) is 8.78 Å². The number of nitrogens with zero attached hydrogens (tertiary/aromatic N) is 4. The number of hydrogen-bond donors (Lipinski definition) is 8. The number of aliphatic hydroxyl groups excluding tert-OH is 1. The van der Waals surface area contributed by atoms with E-state index >= 15 is 8.78 Å². The molecule has 30 heteroatoms. The number of aliphatic hydroxyl groups is 1. The first kappa shape index (κ1) is 81.4. The van der Waals surface area contributed by atoms with Gasteiger partial charge in [-0.15, -0.1) is 0 Å². The summed E-state index contributed by atoms with van der Waals surface area (Å²) in [4.78, 5) is 123. The molecule has 2 aliphatic heterocycles. The first-order valence-corrected chi connectivity index (χ1v) is 31.2. The standard InChI is InChI=1S/C34H43Cl3FN5O7.C30H40FN5O6.Li.H2O/c1-18(2)27(29(45)39-19(3)30(46)43-16-8-9-25(42-43)31(47)49-17-34(35,36)37)41-32(48)33(6,7)15-14-22-10-11-23-12-13-24(20(4)50-21(5)44)40-28(23)26(22)38;1-16(2)24(26(38)32-17(3)27(39)36-15-7-8-22(35-36)28(40)41)34-29(42)30(5,6)14-13-19-9-10-20-11-12-21(18(4)37)33-25(20)23(19)31;;/h10-15,18-20,25,27,42H,8-9,16-17H2,1-7H3,(H,39,45)(H,41,48);9-14,16-18,22,24,35,37H,7-8,15H2,1-6H3,(H,32,38)(H,34,42)(H,40,41);;1H2/q;;+1;/p-1/b15-14+;14-13+;;/t19-,20+,25-,27-;17-,18+,22-,24-;;/m00../s1. The number of amides is 6. The van der Waals surface area contributed by atoms with Crippen LogP contribution >= 0.6 is 34.8 Å². The molecular weight excluding hydrogens is 1280 g/mol. The Bertz CT molecular complexity index is 3460. The number of carboxylic acids is 1. The number of carbonyl (C=O) groups excluding carboxylic acids is 8. The SMILES string of the molecule is CC(=O)O[C@H](C)c1ccc2ccc(/C=C/C(C)(C)C(=O)N[C@H](C(=O)N[C@@H](C)C(=O)N3CCC[C@@H](C(=O)OCC(Cl)(Cl)Cl)N3)C(C)C)c(F)c2n1.CC(C)[C@H](NC(=O)C(C)(C)/C=C/c1ccc2ccc([C@@H](C)O)nc2c1F)C(=O)N[C@@H](C)C(=O)N1CCC[C@@H](C(=O)O)N1.[Li+].[OH-]. The first-order valence-electron chi connectivity index (χ1n) is 30.1. The number of pyridine rings is 2. The van der Waals surface area contributed by atoms with Gasteiger partial charge in [0.15, 0.2) is 11.6 Å². The second-order valence-electron chi connectivity index (χ2n) is 24.6. The maximum atomic E-state index is 15.6. The van der Waals surface area contributed by atoms with Gasteiger partial charge in [-0.2, -0.15) is 0 Å². The number of ether oxygens (including phenoxy) is 2. The molecule has 6 amide bonds. The zero-order valence-electron chi connectivity index (χ0n) is 55.2. The third kappa shape index (κ3) is 22.6. The molecule has 510 valence electrons. The van der Waals surface area contributed by atoms with Gasteiger partial charge in [-0.3, -0.25) is 53.2 Å². The minimum absolute atomic E-state index is 0. The van der Waals surface area contributed by atoms with Gasteiger partial charge in [0.05, 0.1) is 28.3 Å². The topological polar surface area (TPSA) is 347 Å². The van der Waals surface area contributed by atoms with Crippen molar-refractivity contribution in [3.63, 3.8) is 0 Å². The number of aromatic nitrogens is 2. The summed E-state index contributed by atoms with van der Waals surface area (Å²) in [6.07, 6.45) is 6.25. The van der Waals surface area contributed by atoms with Crippen LogP contribution in [-0.4, -0.2) is 149 Å². The summed E-state index contributed by atoms with van der Waals surface area (Å²) < 4.78 is 39.3. The smallest absolute Gasteiger partial charge is 0.870 e. The summed E-state index contributed by atoms with van der Waals surface area (Å²) in [6.45, 7) is 21.1. The van der Waals surface area contributed by atoms with Crippen LogP contribution in [0.15, 0.2) is 60.7 Å². The Morgan fingerprint density at radius 3 is 1.44 bits per heavy atom. The van der Waals surface area contributed by atoms with Crippen LogP contribution in [0, 0.1) is 34.3 Å². The molecule has 9 N–H and O–H groups in total. The van der Waals surface area contributed by atoms with E-state index in [2.05, 4.69) is 42.1 Å². The number of carbonyl (C=O) groups is 9. The quantitative estimate of drug-likeness (QED) is 0.0302. The first-order chi connectivity index (χ1) is 42.8. The number of carboxylic acid groups (broad SMARTS) is 1. The van der Waals surface area contributed by atoms with Crippen molar-refractivity contribution in [1.29, 1.82) is 0 Å². The molecule has 24 nitrogen and oxygen atoms in total. The second-order valence-corrected chi connectivity index (χ2v) is 27.1. The molecule has 0 spiro atoms. The van der Waals surface area contributed by atoms with Crippen LogP contribution in [0.3, 0.4) is 0 Å². The molecule has 2 aromatic heterocycles. The van der Waals surface area contributed by atoms with Crippen molar-refractivity contribution in [3.05, 3.63) is 94.8 Å². The van der Waals surface area contributed by atoms with Crippen LogP contribution in [0.1, 0.15) is 150 Å². The van der Waals surface area contributed by atoms with E-state index in [-0.39, 0.29) is 64.9 Å². The monoisotopic (exact) mass is 1370 g/mol. The Morgan fingerprint density at radius 2 is 1.04 bits per heavy atom. The molecule has 0 saturated carbocycles. The van der Waals surface area contributed by atoms with Crippen molar-refractivity contribution >= 4 is 122 Å². The molecule has 94 heavy (non-hydrogen) atoms. The summed E-state index contributed by atoms with van der Waals surface area (Å²) >= 11 is 16.9. The Balaban J connectivity index is 0.000000487. The molecule has 0 unspecified atom stereocenters. The number of esters is 2. The molecule has 4 heterocycles. The zero-order chi connectivity index (χ0) is 68.9. The summed E-state index contributed by atoms with van der Waals surface area (Å²) in [6, 6.07) is 7.48. The van der Waals surface area contributed by atoms with Crippen molar-refractivity contribution in [2.75, 3.05) is 19.7 Å². The molecule has 0 aliphatic carbocycles. The fourth-order valence-electron chi connectivity index (χ4n) is 9.56. The van der Waals surface area contributed by atoms with E-state index < -0.39 is 135 Å². The average Bonchev–Trinajstić information content (AvgIpc) is 0.807. The van der Waals surface area contributed by atoms with E-state index in [9.17, 15) is 53.4 Å². The molecule has 6 rings (SSSR count). The molecule has 2 fully saturated rings. The van der Waals surface area contributed by atoms with Crippen molar-refractivity contribution in [1.82, 2.24) is 52.1 Å². The maximum absolute atomic E-state index is 15.6. The number of halogens is 5. The van der Waals surface area contributed by atoms with E-state index in [1.165, 1.54) is 55.1 Å². The fourth-order valence-corrected chi connectivity index (χ4v) is 9.72. The van der Waals surface area contributed by atoms with E-state index in [4.69, 9.17) is 44.3 Å². The van der Waals surface area contributed by atoms with Crippen molar-refractivity contribution in [3.8, 4) is 0 Å². The van der Waals surface area contributed by atoms with Gasteiger partial charge in [-0.05, 0) is 105 Å². The Hall–Kier alpha value is -6.86. The third-order valence-corrected chi connectivity index (χ3v) is 15.5. The number of alkyl halides is 3. The van der Waals surface area contributed by atoms with Gasteiger partial charge in [0, 0.05) is 41.9 Å². The molecule has 2 aromatic carbocycles. The van der Waals surface area contributed by atoms with Gasteiger partial charge in [-0.25, -0.2) is 29.6 Å². The van der Waals surface area contributed by atoms with Crippen LogP contribution in [0.2, 0.25) is 0 Å². The van der Waals surface area contributed by atoms with Gasteiger partial charge < -0.3 is 46.4 Å². The third-order valence-electron chi connectivity index (χ3n) is 15.2. The number of hydrogen-bond acceptors (Lipinski definition) is 17. The van der Waals surface area contributed by atoms with Crippen molar-refractivity contribution in [2.45, 2.75) is 168 Å². The molecule has 2 saturated heterocycles. The average molecular weight is 1370 g/mol. The summed E-state index contributed by atoms with van der Waals surface area (Å²) in [5.41, 5.74) is 4.46. The molecule has 4 aromatic rings. The Kier molecular flexibility index (Phi) is 30.5. The fraction of sp³-hybridized carbons (Fsp3) is 0.516. The molecule has 8 atom stereocenters. The number of nitrogens with one attached hydrogen (secondary N) is 6. The van der Waals surface area contributed by atoms with Crippen LogP contribution in [0.5, 0.6) is 0 Å². The van der Waals surface area contributed by atoms with E-state index in [1.807, 2.05) is 0 Å². The summed E-state index contributed by atoms with van der Waals surface area (Å²) in [5.74, 6) is -7.25. The second kappa shape index (κ2) is 35.2. The summed E-state index contributed by atoms with van der Waals surface area (Å²) in [7, 11) is 0. The van der Waals surface area contributed by atoms with Gasteiger partial charge >= 0.3 is 36.8 Å². The number of hydrazine groups is 2. The van der Waals surface area contributed by atoms with Crippen LogP contribution in [0.25, 0.3) is 34.0 Å². The maximum Gasteiger partial charge on any atom is 1.00 e. The molecule has 0 radical (unpaired) electrons. The van der Waals surface area contributed by atoms with E-state index in [1.54, 1.807) is 118 Å². The molecule has 2 aliphatic rings. The van der Waals surface area contributed by atoms with Crippen molar-refractivity contribution in [2.24, 2.45) is 22.7 Å². The minimum Gasteiger partial charge on any atom is -0.870 e. The molecule has 0 bridgehead atoms. The van der Waals surface area contributed by atoms with E-state index in [0.29, 0.717) is 54.4 Å². The number of rotatable bonds is 22. The molecular formula is C64H84Cl3F2LiN10O14. The van der Waals surface area contributed by atoms with Crippen LogP contribution in [-0.2, 0) is 52.6 Å². The number of aliphatic carboxylic acids is 1. The van der Waals surface area contributed by atoms with Crippen LogP contribution < -0.4 is 51.0 Å². The largest absolute Gasteiger partial charge is 1.00 e. The predicted molar refractivity (Wildman–Crippen MR) is 345 cm³/mol. The Labute approximate surface area is 572 Å². The summed E-state index contributed by atoms with van der Waals surface area (Å²) in [5, 5.41) is 33.4. The predicted octanol–water partition coefficient (Wildman–Crippen LogP) is 4.61. The number of fused-ring (bicyclic) bond motifs is 2. The van der Waals surface area contributed by atoms with E-state index in [0.717, 1.165) is 0 Å². The Morgan fingerprint density at radius 1 is 0.649 bits per heavy atom. The minimum atomic E-state index is -1.78. The van der Waals surface area contributed by atoms with Gasteiger partial charge in [-0.1, -0.05) is 123 Å². The zero-order valence-corrected chi connectivity index (χ0v) is 57.4. The number of benzene rings is 2. The van der Waals surface area contributed by atoms with Gasteiger partial charge in [0.2, 0.25) is 27.4 Å². The normalized spacial score (nSPS) is 17.3. The van der Waals surface area contributed by atoms with Gasteiger partial charge in [0.25, 0.3) is 11.8 Å².